The molecule has 2 aliphatic carbocycles. The van der Waals surface area contributed by atoms with Gasteiger partial charge in [-0.2, -0.15) is 0 Å². The Balaban J connectivity index is 1.55. The van der Waals surface area contributed by atoms with Crippen LogP contribution in [-0.4, -0.2) is 46.9 Å². The first-order chi connectivity index (χ1) is 14.6. The van der Waals surface area contributed by atoms with Gasteiger partial charge >= 0.3 is 6.03 Å². The first-order valence-corrected chi connectivity index (χ1v) is 11.8. The second-order valence-electron chi connectivity index (χ2n) is 8.94. The number of nitrogens with one attached hydrogen (secondary N) is 2. The van der Waals surface area contributed by atoms with Crippen molar-refractivity contribution in [2.45, 2.75) is 55.1 Å². The van der Waals surface area contributed by atoms with Gasteiger partial charge in [0.05, 0.1) is 23.1 Å². The van der Waals surface area contributed by atoms with Crippen molar-refractivity contribution in [2.75, 3.05) is 17.7 Å². The van der Waals surface area contributed by atoms with Crippen molar-refractivity contribution in [1.29, 1.82) is 0 Å². The number of amides is 2. The van der Waals surface area contributed by atoms with Gasteiger partial charge in [-0.25, -0.2) is 23.2 Å². The number of rotatable bonds is 7. The van der Waals surface area contributed by atoms with Crippen LogP contribution in [0.1, 0.15) is 45.2 Å². The molecule has 1 aromatic heterocycles. The van der Waals surface area contributed by atoms with E-state index in [0.717, 1.165) is 12.8 Å². The molecule has 2 aromatic rings. The predicted molar refractivity (Wildman–Crippen MR) is 118 cm³/mol. The third-order valence-corrected chi connectivity index (χ3v) is 8.73. The van der Waals surface area contributed by atoms with Crippen LogP contribution in [0.25, 0.3) is 11.4 Å². The Labute approximate surface area is 181 Å². The summed E-state index contributed by atoms with van der Waals surface area (Å²) in [5.74, 6) is 0.578. The molecule has 4 rings (SSSR count). The molecule has 1 aromatic carbocycles. The highest BCUT2D eigenvalue weighted by molar-refractivity contribution is 7.93. The average Bonchev–Trinajstić information content (AvgIpc) is 3.60. The van der Waals surface area contributed by atoms with Gasteiger partial charge in [-0.15, -0.1) is 0 Å². The molecule has 0 radical (unpaired) electrons. The van der Waals surface area contributed by atoms with Gasteiger partial charge < -0.3 is 21.5 Å². The summed E-state index contributed by atoms with van der Waals surface area (Å²) >= 11 is 0. The van der Waals surface area contributed by atoms with Crippen LogP contribution in [0.5, 0.6) is 0 Å². The first kappa shape index (κ1) is 21.5. The van der Waals surface area contributed by atoms with E-state index in [4.69, 9.17) is 5.73 Å². The average molecular weight is 446 g/mol. The van der Waals surface area contributed by atoms with E-state index >= 15 is 0 Å². The van der Waals surface area contributed by atoms with Crippen molar-refractivity contribution in [3.8, 4) is 11.4 Å². The van der Waals surface area contributed by atoms with Crippen molar-refractivity contribution in [2.24, 2.45) is 0 Å². The molecule has 0 bridgehead atoms. The fourth-order valence-electron chi connectivity index (χ4n) is 3.54. The predicted octanol–water partition coefficient (Wildman–Crippen LogP) is 2.18. The fraction of sp³-hybridized carbons (Fsp3) is 0.476. The van der Waals surface area contributed by atoms with Crippen LogP contribution >= 0.6 is 0 Å². The van der Waals surface area contributed by atoms with Crippen LogP contribution in [0.3, 0.4) is 0 Å². The number of aromatic nitrogens is 2. The Morgan fingerprint density at radius 2 is 1.87 bits per heavy atom. The number of aliphatic hydroxyl groups excluding tert-OH is 1. The number of hydrogen-bond acceptors (Lipinski definition) is 7. The number of anilines is 2. The highest BCUT2D eigenvalue weighted by atomic mass is 32.2. The van der Waals surface area contributed by atoms with Crippen LogP contribution in [0, 0.1) is 0 Å². The van der Waals surface area contributed by atoms with E-state index in [1.54, 1.807) is 44.2 Å². The second-order valence-corrected chi connectivity index (χ2v) is 11.5. The maximum atomic E-state index is 12.9. The summed E-state index contributed by atoms with van der Waals surface area (Å²) in [5.41, 5.74) is 6.93. The molecule has 0 unspecified atom stereocenters. The molecule has 2 aliphatic rings. The smallest absolute Gasteiger partial charge is 0.319 e. The van der Waals surface area contributed by atoms with Crippen molar-refractivity contribution in [1.82, 2.24) is 15.3 Å². The Morgan fingerprint density at radius 3 is 2.42 bits per heavy atom. The molecule has 31 heavy (non-hydrogen) atoms. The van der Waals surface area contributed by atoms with Crippen LogP contribution in [-0.2, 0) is 14.6 Å². The third kappa shape index (κ3) is 4.22. The Kier molecular flexibility index (Phi) is 5.17. The lowest BCUT2D eigenvalue weighted by molar-refractivity contribution is 0.187. The number of nitrogens with zero attached hydrogens (tertiary/aromatic N) is 2. The van der Waals surface area contributed by atoms with E-state index in [1.807, 2.05) is 0 Å². The molecule has 5 N–H and O–H groups in total. The molecule has 0 atom stereocenters. The highest BCUT2D eigenvalue weighted by Gasteiger charge is 2.61. The standard InChI is InChI=1S/C21H27N5O4S/c1-20(2,12-27)26-19(28)23-14-5-3-13(4-6-14)18-24-16(11-17(22)25-18)21(9-10-21)31(29,30)15-7-8-15/h3-6,11,15,27H,7-10,12H2,1-2H3,(H2,22,24,25)(H2,23,26,28). The van der Waals surface area contributed by atoms with E-state index in [0.29, 0.717) is 35.6 Å². The zero-order chi connectivity index (χ0) is 22.4. The summed E-state index contributed by atoms with van der Waals surface area (Å²) in [4.78, 5) is 20.9. The molecule has 0 spiro atoms. The number of sulfone groups is 1. The monoisotopic (exact) mass is 445 g/mol. The molecular weight excluding hydrogens is 418 g/mol. The lowest BCUT2D eigenvalue weighted by Gasteiger charge is -2.23. The first-order valence-electron chi connectivity index (χ1n) is 10.3. The Hall–Kier alpha value is -2.72. The van der Waals surface area contributed by atoms with Gasteiger partial charge in [0.1, 0.15) is 10.6 Å². The summed E-state index contributed by atoms with van der Waals surface area (Å²) in [6.07, 6.45) is 2.55. The van der Waals surface area contributed by atoms with Gasteiger partial charge in [0.15, 0.2) is 15.7 Å². The fourth-order valence-corrected chi connectivity index (χ4v) is 6.00. The van der Waals surface area contributed by atoms with E-state index in [1.165, 1.54) is 0 Å². The summed E-state index contributed by atoms with van der Waals surface area (Å²) < 4.78 is 25.0. The SMILES string of the molecule is CC(C)(CO)NC(=O)Nc1ccc(-c2nc(N)cc(C3(S(=O)(=O)C4CC4)CC3)n2)cc1. The van der Waals surface area contributed by atoms with Crippen molar-refractivity contribution >= 4 is 27.4 Å². The maximum absolute atomic E-state index is 12.9. The van der Waals surface area contributed by atoms with Crippen LogP contribution < -0.4 is 16.4 Å². The number of carbonyl (C=O) groups is 1. The third-order valence-electron chi connectivity index (χ3n) is 5.67. The van der Waals surface area contributed by atoms with E-state index in [9.17, 15) is 18.3 Å². The van der Waals surface area contributed by atoms with Gasteiger partial charge in [0, 0.05) is 17.3 Å². The minimum Gasteiger partial charge on any atom is -0.394 e. The summed E-state index contributed by atoms with van der Waals surface area (Å²) in [6, 6.07) is 8.00. The summed E-state index contributed by atoms with van der Waals surface area (Å²) in [5, 5.41) is 14.4. The Morgan fingerprint density at radius 1 is 1.23 bits per heavy atom. The molecule has 0 aliphatic heterocycles. The van der Waals surface area contributed by atoms with Gasteiger partial charge in [0.2, 0.25) is 0 Å². The molecule has 2 amide bonds. The van der Waals surface area contributed by atoms with Crippen LogP contribution in [0.15, 0.2) is 30.3 Å². The topological polar surface area (TPSA) is 147 Å². The quantitative estimate of drug-likeness (QED) is 0.510. The largest absolute Gasteiger partial charge is 0.394 e. The molecule has 2 saturated carbocycles. The number of benzene rings is 1. The number of nitrogen functional groups attached to an aromatic ring is 1. The highest BCUT2D eigenvalue weighted by Crippen LogP contribution is 2.57. The van der Waals surface area contributed by atoms with Crippen LogP contribution in [0.4, 0.5) is 16.3 Å². The van der Waals surface area contributed by atoms with Crippen molar-refractivity contribution in [3.05, 3.63) is 36.0 Å². The lowest BCUT2D eigenvalue weighted by atomic mass is 10.1. The van der Waals surface area contributed by atoms with Gasteiger partial charge in [0.25, 0.3) is 0 Å². The van der Waals surface area contributed by atoms with E-state index in [-0.39, 0.29) is 17.7 Å². The normalized spacial score (nSPS) is 17.8. The van der Waals surface area contributed by atoms with Crippen LogP contribution in [0.2, 0.25) is 0 Å². The zero-order valence-electron chi connectivity index (χ0n) is 17.6. The molecule has 0 saturated heterocycles. The van der Waals surface area contributed by atoms with Gasteiger partial charge in [-0.05, 0) is 63.8 Å². The minimum atomic E-state index is -3.28. The number of carbonyl (C=O) groups excluding carboxylic acids is 1. The molecule has 2 fully saturated rings. The number of urea groups is 1. The molecule has 166 valence electrons. The molecule has 9 nitrogen and oxygen atoms in total. The summed E-state index contributed by atoms with van der Waals surface area (Å²) in [6.45, 7) is 3.23. The maximum Gasteiger partial charge on any atom is 0.319 e. The van der Waals surface area contributed by atoms with Gasteiger partial charge in [-0.1, -0.05) is 0 Å². The Bertz CT molecular complexity index is 1110. The summed E-state index contributed by atoms with van der Waals surface area (Å²) in [7, 11) is -3.28. The number of aliphatic hydroxyl groups is 1. The number of nitrogens with two attached hydrogens (primary N) is 1. The molecule has 10 heteroatoms. The number of hydrogen-bond donors (Lipinski definition) is 4. The molecule has 1 heterocycles. The second kappa shape index (κ2) is 7.45. The lowest BCUT2D eigenvalue weighted by Crippen LogP contribution is -2.48. The van der Waals surface area contributed by atoms with Gasteiger partial charge in [-0.3, -0.25) is 0 Å². The van der Waals surface area contributed by atoms with E-state index < -0.39 is 26.2 Å². The van der Waals surface area contributed by atoms with Crippen molar-refractivity contribution in [3.63, 3.8) is 0 Å². The zero-order valence-corrected chi connectivity index (χ0v) is 18.4. The van der Waals surface area contributed by atoms with E-state index in [2.05, 4.69) is 20.6 Å². The minimum absolute atomic E-state index is 0.188. The molecular formula is C21H27N5O4S. The van der Waals surface area contributed by atoms with Crippen molar-refractivity contribution < 1.29 is 18.3 Å².